The molecule has 1 heterocycles. The molecule has 2 saturated carbocycles. The predicted octanol–water partition coefficient (Wildman–Crippen LogP) is 10.7. The first-order chi connectivity index (χ1) is 22.4. The maximum atomic E-state index is 16.1. The molecule has 3 nitrogen and oxygen atoms in total. The van der Waals surface area contributed by atoms with Crippen LogP contribution in [0, 0.1) is 17.3 Å². The fraction of sp³-hybridized carbons (Fsp3) is 0.838. The molecular formula is C37H54F6O3S. The minimum Gasteiger partial charge on any atom is -0.465 e. The van der Waals surface area contributed by atoms with Gasteiger partial charge in [-0.3, -0.25) is 0 Å². The van der Waals surface area contributed by atoms with Gasteiger partial charge in [-0.05, 0) is 122 Å². The third-order valence-electron chi connectivity index (χ3n) is 11.6. The van der Waals surface area contributed by atoms with E-state index in [9.17, 15) is 27.1 Å². The molecule has 1 aromatic carbocycles. The van der Waals surface area contributed by atoms with Crippen LogP contribution in [0.4, 0.5) is 26.3 Å². The van der Waals surface area contributed by atoms with E-state index in [4.69, 9.17) is 9.47 Å². The first-order valence-electron chi connectivity index (χ1n) is 18.2. The van der Waals surface area contributed by atoms with E-state index in [0.717, 1.165) is 119 Å². The van der Waals surface area contributed by atoms with Crippen LogP contribution in [0.2, 0.25) is 0 Å². The standard InChI is InChI=1S/C37H54F6O3S/c1-35-24-30(38)34-27(29(35)16-17-32(35)44)15-14-25-23-31(46-33-13-8-9-19-45-33)26(22-28(25)34)12-7-5-3-2-4-6-10-20-47-21-11-18-36(39,40)37(41,42)43/h22-23,27,29-30,32-34,44H,2-21,24H2,1H3/t27-,29-,30?,32?,33?,34-,35-/m0/s1. The van der Waals surface area contributed by atoms with Crippen molar-refractivity contribution in [2.45, 2.75) is 159 Å². The minimum atomic E-state index is -5.46. The summed E-state index contributed by atoms with van der Waals surface area (Å²) in [5, 5.41) is 10.8. The molecule has 4 aliphatic rings. The van der Waals surface area contributed by atoms with E-state index >= 15 is 4.39 Å². The molecule has 1 aliphatic heterocycles. The number of halogens is 6. The van der Waals surface area contributed by atoms with Gasteiger partial charge in [0.2, 0.25) is 0 Å². The van der Waals surface area contributed by atoms with E-state index in [2.05, 4.69) is 19.1 Å². The second-order valence-electron chi connectivity index (χ2n) is 14.9. The zero-order chi connectivity index (χ0) is 33.7. The number of aryl methyl sites for hydroxylation is 2. The van der Waals surface area contributed by atoms with Crippen LogP contribution < -0.4 is 4.74 Å². The number of alkyl halides is 6. The zero-order valence-electron chi connectivity index (χ0n) is 27.9. The fourth-order valence-electron chi connectivity index (χ4n) is 8.94. The molecule has 3 aliphatic carbocycles. The molecule has 1 N–H and O–H groups in total. The summed E-state index contributed by atoms with van der Waals surface area (Å²) in [5.74, 6) is -2.07. The van der Waals surface area contributed by atoms with Gasteiger partial charge in [0.25, 0.3) is 0 Å². The number of benzene rings is 1. The van der Waals surface area contributed by atoms with E-state index in [0.29, 0.717) is 24.7 Å². The number of aliphatic hydroxyl groups excluding tert-OH is 1. The summed E-state index contributed by atoms with van der Waals surface area (Å²) in [6.07, 6.45) is 6.98. The molecule has 5 rings (SSSR count). The van der Waals surface area contributed by atoms with Gasteiger partial charge in [0.15, 0.2) is 6.29 Å². The second kappa shape index (κ2) is 16.3. The number of fused-ring (bicyclic) bond motifs is 5. The Morgan fingerprint density at radius 3 is 2.36 bits per heavy atom. The molecule has 268 valence electrons. The van der Waals surface area contributed by atoms with Crippen LogP contribution in [0.25, 0.3) is 0 Å². The van der Waals surface area contributed by atoms with Crippen molar-refractivity contribution < 1.29 is 40.9 Å². The van der Waals surface area contributed by atoms with Crippen LogP contribution >= 0.6 is 11.8 Å². The molecule has 0 aromatic heterocycles. The summed E-state index contributed by atoms with van der Waals surface area (Å²) >= 11 is 1.45. The summed E-state index contributed by atoms with van der Waals surface area (Å²) in [7, 11) is 0. The van der Waals surface area contributed by atoms with Crippen LogP contribution in [0.1, 0.15) is 132 Å². The third kappa shape index (κ3) is 8.97. The summed E-state index contributed by atoms with van der Waals surface area (Å²) in [4.78, 5) is 0. The molecular weight excluding hydrogens is 638 g/mol. The van der Waals surface area contributed by atoms with Crippen molar-refractivity contribution in [3.8, 4) is 5.75 Å². The van der Waals surface area contributed by atoms with Crippen molar-refractivity contribution in [2.75, 3.05) is 18.1 Å². The Labute approximate surface area is 281 Å². The van der Waals surface area contributed by atoms with E-state index in [-0.39, 0.29) is 30.0 Å². The Morgan fingerprint density at radius 1 is 0.915 bits per heavy atom. The molecule has 0 spiro atoms. The van der Waals surface area contributed by atoms with Crippen molar-refractivity contribution in [1.29, 1.82) is 0 Å². The summed E-state index contributed by atoms with van der Waals surface area (Å²) in [6.45, 7) is 2.82. The van der Waals surface area contributed by atoms with Crippen LogP contribution in [0.5, 0.6) is 5.75 Å². The molecule has 7 atom stereocenters. The first-order valence-corrected chi connectivity index (χ1v) is 19.3. The van der Waals surface area contributed by atoms with Gasteiger partial charge >= 0.3 is 12.1 Å². The third-order valence-corrected chi connectivity index (χ3v) is 12.8. The monoisotopic (exact) mass is 692 g/mol. The quantitative estimate of drug-likeness (QED) is 0.138. The molecule has 3 fully saturated rings. The zero-order valence-corrected chi connectivity index (χ0v) is 28.7. The Balaban J connectivity index is 1.08. The lowest BCUT2D eigenvalue weighted by molar-refractivity contribution is -0.284. The van der Waals surface area contributed by atoms with Crippen molar-refractivity contribution in [3.05, 3.63) is 28.8 Å². The number of thioether (sulfide) groups is 1. The SMILES string of the molecule is C[C@]12CC(F)[C@@H]3c4cc(CCCCCCCCCSCCCC(F)(F)C(F)(F)F)c(OC5CCCCO5)cc4CC[C@H]3[C@@H]1CCC2O. The lowest BCUT2D eigenvalue weighted by Gasteiger charge is -2.51. The van der Waals surface area contributed by atoms with Crippen LogP contribution in [0.3, 0.4) is 0 Å². The summed E-state index contributed by atoms with van der Waals surface area (Å²) < 4.78 is 91.2. The van der Waals surface area contributed by atoms with Gasteiger partial charge in [-0.1, -0.05) is 45.1 Å². The van der Waals surface area contributed by atoms with Gasteiger partial charge in [-0.15, -0.1) is 0 Å². The van der Waals surface area contributed by atoms with E-state index in [1.54, 1.807) is 0 Å². The van der Waals surface area contributed by atoms with Gasteiger partial charge in [0, 0.05) is 18.8 Å². The summed E-state index contributed by atoms with van der Waals surface area (Å²) in [5.41, 5.74) is 3.20. The number of hydrogen-bond donors (Lipinski definition) is 1. The number of unbranched alkanes of at least 4 members (excludes halogenated alkanes) is 6. The fourth-order valence-corrected chi connectivity index (χ4v) is 9.90. The Hall–Kier alpha value is -1.13. The van der Waals surface area contributed by atoms with E-state index in [1.807, 2.05) is 0 Å². The smallest absolute Gasteiger partial charge is 0.453 e. The van der Waals surface area contributed by atoms with E-state index < -0.39 is 30.8 Å². The number of ether oxygens (including phenoxy) is 2. The average Bonchev–Trinajstić information content (AvgIpc) is 3.32. The highest BCUT2D eigenvalue weighted by molar-refractivity contribution is 7.99. The Kier molecular flexibility index (Phi) is 12.8. The van der Waals surface area contributed by atoms with Gasteiger partial charge < -0.3 is 14.6 Å². The van der Waals surface area contributed by atoms with Crippen molar-refractivity contribution in [1.82, 2.24) is 0 Å². The molecule has 1 saturated heterocycles. The van der Waals surface area contributed by atoms with Crippen LogP contribution in [-0.2, 0) is 17.6 Å². The molecule has 47 heavy (non-hydrogen) atoms. The lowest BCUT2D eigenvalue weighted by Crippen LogP contribution is -2.48. The highest BCUT2D eigenvalue weighted by Crippen LogP contribution is 2.62. The van der Waals surface area contributed by atoms with Crippen LogP contribution in [0.15, 0.2) is 12.1 Å². The molecule has 1 aromatic rings. The second-order valence-corrected chi connectivity index (χ2v) is 16.1. The molecule has 0 bridgehead atoms. The molecule has 10 heteroatoms. The van der Waals surface area contributed by atoms with Crippen LogP contribution in [-0.4, -0.2) is 53.9 Å². The Morgan fingerprint density at radius 2 is 1.64 bits per heavy atom. The maximum absolute atomic E-state index is 16.1. The molecule has 0 amide bonds. The largest absolute Gasteiger partial charge is 0.465 e. The lowest BCUT2D eigenvalue weighted by atomic mass is 9.54. The molecule has 0 radical (unpaired) electrons. The first kappa shape index (κ1) is 37.1. The van der Waals surface area contributed by atoms with Gasteiger partial charge in [-0.25, -0.2) is 4.39 Å². The van der Waals surface area contributed by atoms with Gasteiger partial charge in [0.05, 0.1) is 12.7 Å². The van der Waals surface area contributed by atoms with Crippen molar-refractivity contribution in [3.63, 3.8) is 0 Å². The Bertz CT molecular complexity index is 1140. The van der Waals surface area contributed by atoms with Gasteiger partial charge in [0.1, 0.15) is 11.9 Å². The predicted molar refractivity (Wildman–Crippen MR) is 175 cm³/mol. The molecule has 3 unspecified atom stereocenters. The summed E-state index contributed by atoms with van der Waals surface area (Å²) in [6, 6.07) is 4.44. The minimum absolute atomic E-state index is 0.111. The highest BCUT2D eigenvalue weighted by atomic mass is 32.2. The van der Waals surface area contributed by atoms with Gasteiger partial charge in [-0.2, -0.15) is 33.7 Å². The van der Waals surface area contributed by atoms with Crippen molar-refractivity contribution >= 4 is 11.8 Å². The number of rotatable bonds is 16. The number of hydrogen-bond acceptors (Lipinski definition) is 4. The topological polar surface area (TPSA) is 38.7 Å². The number of aliphatic hydroxyl groups is 1. The van der Waals surface area contributed by atoms with E-state index in [1.165, 1.54) is 17.3 Å². The normalized spacial score (nSPS) is 30.9. The van der Waals surface area contributed by atoms with Crippen molar-refractivity contribution in [2.24, 2.45) is 17.3 Å². The average molecular weight is 693 g/mol. The highest BCUT2D eigenvalue weighted by Gasteiger charge is 2.58. The maximum Gasteiger partial charge on any atom is 0.453 e.